The molecule has 118 valence electrons. The Morgan fingerprint density at radius 2 is 2.22 bits per heavy atom. The van der Waals surface area contributed by atoms with Crippen molar-refractivity contribution in [3.8, 4) is 0 Å². The van der Waals surface area contributed by atoms with Crippen molar-refractivity contribution in [1.82, 2.24) is 24.9 Å². The largest absolute Gasteiger partial charge is 0.351 e. The van der Waals surface area contributed by atoms with Gasteiger partial charge in [-0.05, 0) is 24.6 Å². The fourth-order valence-electron chi connectivity index (χ4n) is 1.94. The highest BCUT2D eigenvalue weighted by atomic mass is 35.5. The summed E-state index contributed by atoms with van der Waals surface area (Å²) in [6, 6.07) is 9.20. The van der Waals surface area contributed by atoms with Gasteiger partial charge in [-0.25, -0.2) is 9.50 Å². The molecular weight excluding hydrogens is 334 g/mol. The maximum atomic E-state index is 12.2. The second-order valence-corrected chi connectivity index (χ2v) is 6.54. The lowest BCUT2D eigenvalue weighted by molar-refractivity contribution is -0.120. The SMILES string of the molecule is C[C@@H](Sc1nc2ncccn2n1)C(=O)NCc1ccccc1Cl. The number of nitrogens with zero attached hydrogens (tertiary/aromatic N) is 4. The summed E-state index contributed by atoms with van der Waals surface area (Å²) in [5.41, 5.74) is 0.884. The molecule has 0 aliphatic rings. The van der Waals surface area contributed by atoms with E-state index in [9.17, 15) is 4.79 Å². The number of aromatic nitrogens is 4. The Bertz CT molecular complexity index is 804. The van der Waals surface area contributed by atoms with E-state index in [-0.39, 0.29) is 11.2 Å². The first-order valence-corrected chi connectivity index (χ1v) is 8.24. The summed E-state index contributed by atoms with van der Waals surface area (Å²) in [5.74, 6) is 0.417. The molecule has 1 aromatic carbocycles. The molecule has 3 aromatic rings. The van der Waals surface area contributed by atoms with Crippen LogP contribution >= 0.6 is 23.4 Å². The van der Waals surface area contributed by atoms with Crippen LogP contribution in [0.15, 0.2) is 47.9 Å². The smallest absolute Gasteiger partial charge is 0.253 e. The number of hydrogen-bond acceptors (Lipinski definition) is 5. The predicted molar refractivity (Wildman–Crippen MR) is 89.4 cm³/mol. The van der Waals surface area contributed by atoms with Gasteiger partial charge in [0.05, 0.1) is 5.25 Å². The summed E-state index contributed by atoms with van der Waals surface area (Å²) >= 11 is 7.36. The van der Waals surface area contributed by atoms with Crippen molar-refractivity contribution in [2.75, 3.05) is 0 Å². The first-order chi connectivity index (χ1) is 11.1. The third-order valence-electron chi connectivity index (χ3n) is 3.16. The summed E-state index contributed by atoms with van der Waals surface area (Å²) in [7, 11) is 0. The highest BCUT2D eigenvalue weighted by molar-refractivity contribution is 8.00. The van der Waals surface area contributed by atoms with Gasteiger partial charge in [-0.2, -0.15) is 4.98 Å². The molecule has 0 spiro atoms. The van der Waals surface area contributed by atoms with Crippen molar-refractivity contribution >= 4 is 35.0 Å². The Morgan fingerprint density at radius 1 is 1.39 bits per heavy atom. The zero-order valence-electron chi connectivity index (χ0n) is 12.3. The van der Waals surface area contributed by atoms with Crippen LogP contribution in [-0.4, -0.2) is 30.7 Å². The number of hydrogen-bond donors (Lipinski definition) is 1. The van der Waals surface area contributed by atoms with Gasteiger partial charge in [0.15, 0.2) is 0 Å². The Morgan fingerprint density at radius 3 is 3.00 bits per heavy atom. The van der Waals surface area contributed by atoms with E-state index in [1.807, 2.05) is 25.1 Å². The van der Waals surface area contributed by atoms with Gasteiger partial charge in [0.2, 0.25) is 11.1 Å². The number of rotatable bonds is 5. The zero-order valence-corrected chi connectivity index (χ0v) is 13.9. The number of nitrogens with one attached hydrogen (secondary N) is 1. The monoisotopic (exact) mass is 347 g/mol. The van der Waals surface area contributed by atoms with Crippen molar-refractivity contribution < 1.29 is 4.79 Å². The van der Waals surface area contributed by atoms with Gasteiger partial charge in [0.1, 0.15) is 0 Å². The number of benzene rings is 1. The molecule has 3 rings (SSSR count). The third-order valence-corrected chi connectivity index (χ3v) is 4.48. The predicted octanol–water partition coefficient (Wildman–Crippen LogP) is 2.57. The van der Waals surface area contributed by atoms with Crippen molar-refractivity contribution in [3.63, 3.8) is 0 Å². The van der Waals surface area contributed by atoms with Crippen LogP contribution in [0.25, 0.3) is 5.78 Å². The fourth-order valence-corrected chi connectivity index (χ4v) is 2.92. The van der Waals surface area contributed by atoms with Crippen LogP contribution in [0.4, 0.5) is 0 Å². The van der Waals surface area contributed by atoms with Gasteiger partial charge in [-0.15, -0.1) is 5.10 Å². The summed E-state index contributed by atoms with van der Waals surface area (Å²) in [6.45, 7) is 2.20. The minimum atomic E-state index is -0.324. The molecule has 0 saturated heterocycles. The Hall–Kier alpha value is -2.12. The highest BCUT2D eigenvalue weighted by Gasteiger charge is 2.17. The first-order valence-electron chi connectivity index (χ1n) is 6.98. The first kappa shape index (κ1) is 15.8. The Kier molecular flexibility index (Phi) is 4.78. The van der Waals surface area contributed by atoms with E-state index in [0.29, 0.717) is 22.5 Å². The van der Waals surface area contributed by atoms with Gasteiger partial charge >= 0.3 is 0 Å². The van der Waals surface area contributed by atoms with Gasteiger partial charge in [-0.1, -0.05) is 41.6 Å². The Labute approximate surface area is 142 Å². The summed E-state index contributed by atoms with van der Waals surface area (Å²) < 4.78 is 1.58. The number of thioether (sulfide) groups is 1. The van der Waals surface area contributed by atoms with Gasteiger partial charge < -0.3 is 5.32 Å². The molecule has 0 aliphatic carbocycles. The molecule has 0 aliphatic heterocycles. The topological polar surface area (TPSA) is 72.2 Å². The van der Waals surface area contributed by atoms with Gasteiger partial charge in [-0.3, -0.25) is 4.79 Å². The second-order valence-electron chi connectivity index (χ2n) is 4.83. The third kappa shape index (κ3) is 3.80. The van der Waals surface area contributed by atoms with Gasteiger partial charge in [0.25, 0.3) is 5.78 Å². The standard InChI is InChI=1S/C15H14ClN5OS/c1-10(13(22)18-9-11-5-2-3-6-12(11)16)23-15-19-14-17-7-4-8-21(14)20-15/h2-8,10H,9H2,1H3,(H,18,22)/t10-/m1/s1. The molecular formula is C15H14ClN5OS. The molecule has 0 saturated carbocycles. The van der Waals surface area contributed by atoms with E-state index < -0.39 is 0 Å². The molecule has 0 bridgehead atoms. The molecule has 2 heterocycles. The van der Waals surface area contributed by atoms with Crippen LogP contribution in [-0.2, 0) is 11.3 Å². The quantitative estimate of drug-likeness (QED) is 0.718. The van der Waals surface area contributed by atoms with Crippen LogP contribution in [0, 0.1) is 0 Å². The maximum Gasteiger partial charge on any atom is 0.253 e. The zero-order chi connectivity index (χ0) is 16.2. The summed E-state index contributed by atoms with van der Waals surface area (Å²) in [5, 5.41) is 7.98. The minimum absolute atomic E-state index is 0.0956. The van der Waals surface area contributed by atoms with Crippen LogP contribution < -0.4 is 5.32 Å². The molecule has 0 unspecified atom stereocenters. The molecule has 2 aromatic heterocycles. The van der Waals surface area contributed by atoms with E-state index in [0.717, 1.165) is 5.56 Å². The maximum absolute atomic E-state index is 12.2. The van der Waals surface area contributed by atoms with Crippen LogP contribution in [0.1, 0.15) is 12.5 Å². The lowest BCUT2D eigenvalue weighted by Crippen LogP contribution is -2.30. The van der Waals surface area contributed by atoms with E-state index in [4.69, 9.17) is 11.6 Å². The minimum Gasteiger partial charge on any atom is -0.351 e. The Balaban J connectivity index is 1.60. The number of halogens is 1. The summed E-state index contributed by atoms with van der Waals surface area (Å²) in [4.78, 5) is 20.6. The van der Waals surface area contributed by atoms with Crippen molar-refractivity contribution in [3.05, 3.63) is 53.3 Å². The van der Waals surface area contributed by atoms with Crippen LogP contribution in [0.2, 0.25) is 5.02 Å². The molecule has 1 amide bonds. The van der Waals surface area contributed by atoms with Gasteiger partial charge in [0, 0.05) is 24.0 Å². The molecule has 0 radical (unpaired) electrons. The van der Waals surface area contributed by atoms with Crippen LogP contribution in [0.3, 0.4) is 0 Å². The number of carbonyl (C=O) groups excluding carboxylic acids is 1. The van der Waals surface area contributed by atoms with Crippen molar-refractivity contribution in [2.24, 2.45) is 0 Å². The van der Waals surface area contributed by atoms with E-state index in [1.54, 1.807) is 29.0 Å². The van der Waals surface area contributed by atoms with Crippen molar-refractivity contribution in [1.29, 1.82) is 0 Å². The lowest BCUT2D eigenvalue weighted by Gasteiger charge is -2.10. The average molecular weight is 348 g/mol. The fraction of sp³-hybridized carbons (Fsp3) is 0.200. The molecule has 8 heteroatoms. The molecule has 0 fully saturated rings. The van der Waals surface area contributed by atoms with E-state index >= 15 is 0 Å². The van der Waals surface area contributed by atoms with E-state index in [1.165, 1.54) is 11.8 Å². The molecule has 1 atom stereocenters. The van der Waals surface area contributed by atoms with Crippen LogP contribution in [0.5, 0.6) is 0 Å². The number of carbonyl (C=O) groups is 1. The number of amides is 1. The number of fused-ring (bicyclic) bond motifs is 1. The molecule has 6 nitrogen and oxygen atoms in total. The lowest BCUT2D eigenvalue weighted by atomic mass is 10.2. The highest BCUT2D eigenvalue weighted by Crippen LogP contribution is 2.20. The molecule has 23 heavy (non-hydrogen) atoms. The van der Waals surface area contributed by atoms with E-state index in [2.05, 4.69) is 20.4 Å². The van der Waals surface area contributed by atoms with Crippen molar-refractivity contribution in [2.45, 2.75) is 23.9 Å². The normalized spacial score (nSPS) is 12.3. The average Bonchev–Trinajstić information content (AvgIpc) is 2.96. The second kappa shape index (κ2) is 6.97. The summed E-state index contributed by atoms with van der Waals surface area (Å²) in [6.07, 6.45) is 3.42. The molecule has 1 N–H and O–H groups in total.